The highest BCUT2D eigenvalue weighted by Crippen LogP contribution is 2.40. The average molecular weight is 323 g/mol. The maximum atomic E-state index is 12.9. The van der Waals surface area contributed by atoms with Gasteiger partial charge in [0.2, 0.25) is 0 Å². The molecule has 1 amide bonds. The van der Waals surface area contributed by atoms with Crippen LogP contribution in [0.5, 0.6) is 0 Å². The number of carbonyl (C=O) groups excluding carboxylic acids is 2. The Hall–Kier alpha value is -2.46. The minimum Gasteiger partial charge on any atom is -0.375 e. The number of ketones is 1. The van der Waals surface area contributed by atoms with Crippen molar-refractivity contribution in [2.24, 2.45) is 0 Å². The number of fused-ring (bicyclic) bond motifs is 1. The summed E-state index contributed by atoms with van der Waals surface area (Å²) in [5.74, 6) is -0.768. The van der Waals surface area contributed by atoms with Gasteiger partial charge in [-0.3, -0.25) is 9.59 Å². The van der Waals surface area contributed by atoms with Crippen molar-refractivity contribution in [3.8, 4) is 0 Å². The van der Waals surface area contributed by atoms with E-state index >= 15 is 0 Å². The van der Waals surface area contributed by atoms with E-state index in [9.17, 15) is 14.7 Å². The maximum absolute atomic E-state index is 12.9. The van der Waals surface area contributed by atoms with Gasteiger partial charge in [-0.2, -0.15) is 0 Å². The molecule has 124 valence electrons. The summed E-state index contributed by atoms with van der Waals surface area (Å²) in [6.07, 6.45) is -0.264. The zero-order valence-corrected chi connectivity index (χ0v) is 14.4. The Morgan fingerprint density at radius 3 is 2.29 bits per heavy atom. The molecule has 2 aromatic carbocycles. The second-order valence-electron chi connectivity index (χ2n) is 6.74. The molecule has 4 heteroatoms. The molecule has 0 aromatic heterocycles. The van der Waals surface area contributed by atoms with Gasteiger partial charge in [0.1, 0.15) is 0 Å². The van der Waals surface area contributed by atoms with Gasteiger partial charge in [-0.25, -0.2) is 0 Å². The third-order valence-electron chi connectivity index (χ3n) is 4.62. The number of hydrogen-bond acceptors (Lipinski definition) is 3. The number of carbonyl (C=O) groups is 2. The van der Waals surface area contributed by atoms with Crippen LogP contribution in [-0.4, -0.2) is 16.8 Å². The molecule has 0 aliphatic carbocycles. The van der Waals surface area contributed by atoms with E-state index in [4.69, 9.17) is 0 Å². The number of benzene rings is 2. The summed E-state index contributed by atoms with van der Waals surface area (Å²) in [6.45, 7) is 7.62. The van der Waals surface area contributed by atoms with E-state index in [2.05, 4.69) is 5.32 Å². The molecule has 1 heterocycles. The van der Waals surface area contributed by atoms with Gasteiger partial charge in [0.25, 0.3) is 5.91 Å². The van der Waals surface area contributed by atoms with Crippen LogP contribution in [0, 0.1) is 27.7 Å². The van der Waals surface area contributed by atoms with Crippen molar-refractivity contribution >= 4 is 17.4 Å². The summed E-state index contributed by atoms with van der Waals surface area (Å²) in [6, 6.07) is 9.26. The molecule has 0 saturated heterocycles. The first-order chi connectivity index (χ1) is 11.2. The van der Waals surface area contributed by atoms with Gasteiger partial charge in [0.15, 0.2) is 11.4 Å². The Kier molecular flexibility index (Phi) is 3.80. The summed E-state index contributed by atoms with van der Waals surface area (Å²) < 4.78 is 0. The Morgan fingerprint density at radius 2 is 1.67 bits per heavy atom. The largest absolute Gasteiger partial charge is 0.375 e. The lowest BCUT2D eigenvalue weighted by atomic mass is 9.85. The van der Waals surface area contributed by atoms with Crippen molar-refractivity contribution in [3.63, 3.8) is 0 Å². The van der Waals surface area contributed by atoms with E-state index in [0.717, 1.165) is 22.3 Å². The Labute approximate surface area is 141 Å². The Morgan fingerprint density at radius 1 is 1.04 bits per heavy atom. The fraction of sp³-hybridized carbons (Fsp3) is 0.300. The maximum Gasteiger partial charge on any atom is 0.261 e. The van der Waals surface area contributed by atoms with E-state index in [1.165, 1.54) is 0 Å². The molecular formula is C20H21NO3. The van der Waals surface area contributed by atoms with Crippen molar-refractivity contribution in [3.05, 3.63) is 63.7 Å². The zero-order valence-electron chi connectivity index (χ0n) is 14.4. The molecular weight excluding hydrogens is 302 g/mol. The van der Waals surface area contributed by atoms with Crippen LogP contribution >= 0.6 is 0 Å². The third-order valence-corrected chi connectivity index (χ3v) is 4.62. The predicted octanol–water partition coefficient (Wildman–Crippen LogP) is 3.33. The lowest BCUT2D eigenvalue weighted by molar-refractivity contribution is -0.133. The van der Waals surface area contributed by atoms with E-state index in [-0.39, 0.29) is 12.2 Å². The van der Waals surface area contributed by atoms with Gasteiger partial charge in [-0.05, 0) is 44.9 Å². The predicted molar refractivity (Wildman–Crippen MR) is 93.3 cm³/mol. The molecule has 2 aromatic rings. The fourth-order valence-corrected chi connectivity index (χ4v) is 3.57. The number of nitrogens with one attached hydrogen (secondary N) is 1. The van der Waals surface area contributed by atoms with Crippen molar-refractivity contribution in [2.75, 3.05) is 5.32 Å². The quantitative estimate of drug-likeness (QED) is 0.852. The molecule has 0 fully saturated rings. The monoisotopic (exact) mass is 323 g/mol. The summed E-state index contributed by atoms with van der Waals surface area (Å²) >= 11 is 0. The van der Waals surface area contributed by atoms with E-state index < -0.39 is 11.5 Å². The number of Topliss-reactive ketones (excluding diaryl/α,β-unsaturated/α-hetero) is 1. The summed E-state index contributed by atoms with van der Waals surface area (Å²) in [7, 11) is 0. The van der Waals surface area contributed by atoms with Crippen molar-refractivity contribution < 1.29 is 14.7 Å². The second kappa shape index (κ2) is 5.56. The zero-order chi connectivity index (χ0) is 17.6. The molecule has 1 atom stereocenters. The third kappa shape index (κ3) is 2.53. The topological polar surface area (TPSA) is 66.4 Å². The van der Waals surface area contributed by atoms with Crippen molar-refractivity contribution in [2.45, 2.75) is 39.7 Å². The smallest absolute Gasteiger partial charge is 0.261 e. The van der Waals surface area contributed by atoms with Crippen LogP contribution in [0.25, 0.3) is 0 Å². The summed E-state index contributed by atoms with van der Waals surface area (Å²) in [5.41, 5.74) is 3.55. The lowest BCUT2D eigenvalue weighted by Gasteiger charge is -2.21. The molecule has 1 aliphatic heterocycles. The minimum atomic E-state index is -1.82. The molecule has 1 aliphatic rings. The number of aryl methyl sites for hydroxylation is 4. The Bertz CT molecular complexity index is 846. The van der Waals surface area contributed by atoms with Crippen LogP contribution in [0.15, 0.2) is 30.3 Å². The highest BCUT2D eigenvalue weighted by atomic mass is 16.3. The van der Waals surface area contributed by atoms with Gasteiger partial charge in [-0.15, -0.1) is 0 Å². The van der Waals surface area contributed by atoms with Crippen molar-refractivity contribution in [1.29, 1.82) is 0 Å². The first-order valence-corrected chi connectivity index (χ1v) is 7.98. The van der Waals surface area contributed by atoms with Gasteiger partial charge in [0.05, 0.1) is 6.42 Å². The Balaban J connectivity index is 2.01. The van der Waals surface area contributed by atoms with Crippen molar-refractivity contribution in [1.82, 2.24) is 0 Å². The number of rotatable bonds is 3. The molecule has 3 rings (SSSR count). The molecule has 0 saturated carbocycles. The van der Waals surface area contributed by atoms with Gasteiger partial charge in [-0.1, -0.05) is 35.4 Å². The van der Waals surface area contributed by atoms with Gasteiger partial charge in [0, 0.05) is 16.8 Å². The first-order valence-electron chi connectivity index (χ1n) is 7.98. The van der Waals surface area contributed by atoms with E-state index in [1.807, 2.05) is 45.9 Å². The minimum absolute atomic E-state index is 0.225. The van der Waals surface area contributed by atoms with Crippen LogP contribution in [0.2, 0.25) is 0 Å². The molecule has 24 heavy (non-hydrogen) atoms. The van der Waals surface area contributed by atoms with Gasteiger partial charge < -0.3 is 10.4 Å². The molecule has 0 spiro atoms. The first kappa shape index (κ1) is 16.4. The standard InChI is InChI=1S/C20H21NO3/c1-11-5-6-16-15(9-11)20(24,19(23)21-16)10-17(22)18-13(3)7-12(2)8-14(18)4/h5-9,24H,10H2,1-4H3,(H,21,23)/t20-/m0/s1. The number of aliphatic hydroxyl groups is 1. The van der Waals surface area contributed by atoms with Crippen LogP contribution in [-0.2, 0) is 10.4 Å². The van der Waals surface area contributed by atoms with Gasteiger partial charge >= 0.3 is 0 Å². The highest BCUT2D eigenvalue weighted by molar-refractivity contribution is 6.10. The fourth-order valence-electron chi connectivity index (χ4n) is 3.57. The normalized spacial score (nSPS) is 19.1. The SMILES string of the molecule is Cc1cc(C)c(C(=O)C[C@@]2(O)C(=O)Nc3ccc(C)cc32)c(C)c1. The molecule has 0 unspecified atom stereocenters. The summed E-state index contributed by atoms with van der Waals surface area (Å²) in [5, 5.41) is 13.6. The van der Waals surface area contributed by atoms with Crippen LogP contribution in [0.3, 0.4) is 0 Å². The lowest BCUT2D eigenvalue weighted by Crippen LogP contribution is -2.36. The summed E-state index contributed by atoms with van der Waals surface area (Å²) in [4.78, 5) is 25.2. The number of anilines is 1. The number of hydrogen-bond donors (Lipinski definition) is 2. The van der Waals surface area contributed by atoms with Crippen LogP contribution in [0.1, 0.15) is 44.6 Å². The molecule has 0 bridgehead atoms. The van der Waals surface area contributed by atoms with E-state index in [1.54, 1.807) is 12.1 Å². The van der Waals surface area contributed by atoms with Crippen LogP contribution < -0.4 is 5.32 Å². The average Bonchev–Trinajstić information content (AvgIpc) is 2.69. The molecule has 4 nitrogen and oxygen atoms in total. The molecule has 0 radical (unpaired) electrons. The molecule has 2 N–H and O–H groups in total. The highest BCUT2D eigenvalue weighted by Gasteiger charge is 2.47. The number of amides is 1. The second-order valence-corrected chi connectivity index (χ2v) is 6.74. The van der Waals surface area contributed by atoms with E-state index in [0.29, 0.717) is 16.8 Å². The van der Waals surface area contributed by atoms with Crippen LogP contribution in [0.4, 0.5) is 5.69 Å².